The summed E-state index contributed by atoms with van der Waals surface area (Å²) in [4.78, 5) is 7.55. The van der Waals surface area contributed by atoms with E-state index in [1.54, 1.807) is 26.4 Å². The summed E-state index contributed by atoms with van der Waals surface area (Å²) >= 11 is 6.12. The van der Waals surface area contributed by atoms with Gasteiger partial charge in [-0.05, 0) is 49.7 Å². The van der Waals surface area contributed by atoms with Crippen LogP contribution in [0, 0.1) is 0 Å². The minimum absolute atomic E-state index is 0.173. The van der Waals surface area contributed by atoms with E-state index in [-0.39, 0.29) is 6.61 Å². The Morgan fingerprint density at radius 1 is 1.24 bits per heavy atom. The summed E-state index contributed by atoms with van der Waals surface area (Å²) in [5.41, 5.74) is 3.48. The number of hydrogen-bond donors (Lipinski definition) is 2. The molecule has 1 aliphatic rings. The molecule has 0 bridgehead atoms. The van der Waals surface area contributed by atoms with Gasteiger partial charge in [0.25, 0.3) is 0 Å². The maximum atomic E-state index is 10.0. The lowest BCUT2D eigenvalue weighted by atomic mass is 10.1. The molecule has 7 heteroatoms. The van der Waals surface area contributed by atoms with Crippen molar-refractivity contribution in [1.82, 2.24) is 10.4 Å². The standard InChI is InChI=1S/C18H27ClN2O4/c1-23-16-7-6-14(10-17(16)24-2)11-18(19)20-25-13-15(22)12-21-8-4-3-5-9-21/h6-7,10-11,15,20,22H,3-5,8-9,12-13H2,1-2H3. The molecule has 1 saturated heterocycles. The number of piperidine rings is 1. The van der Waals surface area contributed by atoms with Crippen LogP contribution in [0.2, 0.25) is 0 Å². The second kappa shape index (κ2) is 10.5. The van der Waals surface area contributed by atoms with Gasteiger partial charge in [0.05, 0.1) is 20.3 Å². The lowest BCUT2D eigenvalue weighted by molar-refractivity contribution is -0.0174. The predicted octanol–water partition coefficient (Wildman–Crippen LogP) is 2.61. The van der Waals surface area contributed by atoms with Gasteiger partial charge in [0.1, 0.15) is 11.8 Å². The molecular weight excluding hydrogens is 344 g/mol. The number of halogens is 1. The molecule has 0 spiro atoms. The summed E-state index contributed by atoms with van der Waals surface area (Å²) in [6.07, 6.45) is 4.84. The molecule has 0 amide bonds. The monoisotopic (exact) mass is 370 g/mol. The summed E-state index contributed by atoms with van der Waals surface area (Å²) in [6, 6.07) is 5.47. The van der Waals surface area contributed by atoms with Gasteiger partial charge < -0.3 is 19.5 Å². The Labute approximate surface area is 154 Å². The fourth-order valence-corrected chi connectivity index (χ4v) is 3.00. The second-order valence-electron chi connectivity index (χ2n) is 6.03. The average Bonchev–Trinajstić information content (AvgIpc) is 2.62. The van der Waals surface area contributed by atoms with E-state index in [9.17, 15) is 5.11 Å². The Hall–Kier alpha value is -1.47. The average molecular weight is 371 g/mol. The number of ether oxygens (including phenoxy) is 2. The molecule has 2 rings (SSSR count). The fraction of sp³-hybridized carbons (Fsp3) is 0.556. The Morgan fingerprint density at radius 2 is 1.96 bits per heavy atom. The smallest absolute Gasteiger partial charge is 0.161 e. The normalized spacial score (nSPS) is 17.2. The predicted molar refractivity (Wildman–Crippen MR) is 98.8 cm³/mol. The van der Waals surface area contributed by atoms with Crippen molar-refractivity contribution in [3.8, 4) is 11.5 Å². The van der Waals surface area contributed by atoms with E-state index in [2.05, 4.69) is 10.4 Å². The van der Waals surface area contributed by atoms with Gasteiger partial charge in [0.15, 0.2) is 11.5 Å². The van der Waals surface area contributed by atoms with E-state index in [1.165, 1.54) is 19.3 Å². The van der Waals surface area contributed by atoms with Gasteiger partial charge in [-0.3, -0.25) is 10.3 Å². The number of aliphatic hydroxyl groups excluding tert-OH is 1. The number of methoxy groups -OCH3 is 2. The van der Waals surface area contributed by atoms with E-state index >= 15 is 0 Å². The zero-order valence-electron chi connectivity index (χ0n) is 14.8. The second-order valence-corrected chi connectivity index (χ2v) is 6.44. The largest absolute Gasteiger partial charge is 0.493 e. The minimum Gasteiger partial charge on any atom is -0.493 e. The molecule has 6 nitrogen and oxygen atoms in total. The SMILES string of the molecule is COc1ccc(C=C(Cl)NOCC(O)CN2CCCCC2)cc1OC. The van der Waals surface area contributed by atoms with E-state index in [0.29, 0.717) is 23.2 Å². The lowest BCUT2D eigenvalue weighted by Crippen LogP contribution is -2.38. The molecular formula is C18H27ClN2O4. The van der Waals surface area contributed by atoms with Gasteiger partial charge in [-0.15, -0.1) is 0 Å². The van der Waals surface area contributed by atoms with Gasteiger partial charge in [-0.1, -0.05) is 24.1 Å². The van der Waals surface area contributed by atoms with Crippen molar-refractivity contribution in [3.05, 3.63) is 28.9 Å². The zero-order valence-corrected chi connectivity index (χ0v) is 15.6. The van der Waals surface area contributed by atoms with Crippen LogP contribution in [0.3, 0.4) is 0 Å². The van der Waals surface area contributed by atoms with E-state index in [1.807, 2.05) is 12.1 Å². The van der Waals surface area contributed by atoms with Crippen molar-refractivity contribution >= 4 is 17.7 Å². The Morgan fingerprint density at radius 3 is 2.64 bits per heavy atom. The van der Waals surface area contributed by atoms with Crippen molar-refractivity contribution in [2.45, 2.75) is 25.4 Å². The molecule has 0 radical (unpaired) electrons. The number of nitrogens with one attached hydrogen (secondary N) is 1. The van der Waals surface area contributed by atoms with Gasteiger partial charge in [-0.2, -0.15) is 0 Å². The van der Waals surface area contributed by atoms with Crippen molar-refractivity contribution in [1.29, 1.82) is 0 Å². The van der Waals surface area contributed by atoms with E-state index < -0.39 is 6.10 Å². The lowest BCUT2D eigenvalue weighted by Gasteiger charge is -2.28. The van der Waals surface area contributed by atoms with Crippen LogP contribution in [-0.2, 0) is 4.84 Å². The topological polar surface area (TPSA) is 63.2 Å². The number of rotatable bonds is 9. The molecule has 1 aromatic carbocycles. The maximum Gasteiger partial charge on any atom is 0.161 e. The highest BCUT2D eigenvalue weighted by molar-refractivity contribution is 6.31. The first-order valence-electron chi connectivity index (χ1n) is 8.50. The number of β-amino-alcohol motifs (C(OH)–C–C–N with tert-alkyl or cyclic N) is 1. The molecule has 1 aromatic rings. The van der Waals surface area contributed by atoms with Crippen molar-refractivity contribution in [2.24, 2.45) is 0 Å². The van der Waals surface area contributed by atoms with Gasteiger partial charge >= 0.3 is 0 Å². The van der Waals surface area contributed by atoms with E-state index in [4.69, 9.17) is 25.9 Å². The highest BCUT2D eigenvalue weighted by Crippen LogP contribution is 2.28. The summed E-state index contributed by atoms with van der Waals surface area (Å²) in [7, 11) is 3.17. The first kappa shape index (κ1) is 19.8. The molecule has 0 aliphatic carbocycles. The van der Waals surface area contributed by atoms with Crippen LogP contribution in [0.4, 0.5) is 0 Å². The van der Waals surface area contributed by atoms with Crippen LogP contribution >= 0.6 is 11.6 Å². The molecule has 0 aromatic heterocycles. The summed E-state index contributed by atoms with van der Waals surface area (Å²) in [6.45, 7) is 2.89. The quantitative estimate of drug-likeness (QED) is 0.514. The van der Waals surface area contributed by atoms with Crippen molar-refractivity contribution in [3.63, 3.8) is 0 Å². The molecule has 0 saturated carbocycles. The molecule has 1 atom stereocenters. The van der Waals surface area contributed by atoms with Crippen LogP contribution in [0.15, 0.2) is 23.4 Å². The molecule has 2 N–H and O–H groups in total. The molecule has 25 heavy (non-hydrogen) atoms. The zero-order chi connectivity index (χ0) is 18.1. The number of likely N-dealkylation sites (tertiary alicyclic amines) is 1. The van der Waals surface area contributed by atoms with Crippen LogP contribution < -0.4 is 15.0 Å². The first-order chi connectivity index (χ1) is 12.1. The molecule has 1 heterocycles. The Kier molecular flexibility index (Phi) is 8.34. The molecule has 1 fully saturated rings. The summed E-state index contributed by atoms with van der Waals surface area (Å²) < 4.78 is 10.5. The first-order valence-corrected chi connectivity index (χ1v) is 8.87. The third-order valence-electron chi connectivity index (χ3n) is 4.06. The van der Waals surface area contributed by atoms with Crippen molar-refractivity contribution < 1.29 is 19.4 Å². The van der Waals surface area contributed by atoms with Crippen LogP contribution in [0.25, 0.3) is 6.08 Å². The number of aliphatic hydroxyl groups is 1. The maximum absolute atomic E-state index is 10.0. The van der Waals surface area contributed by atoms with Gasteiger partial charge in [0, 0.05) is 6.54 Å². The Balaban J connectivity index is 1.77. The highest BCUT2D eigenvalue weighted by atomic mass is 35.5. The number of hydrogen-bond acceptors (Lipinski definition) is 6. The number of hydroxylamine groups is 1. The van der Waals surface area contributed by atoms with E-state index in [0.717, 1.165) is 18.7 Å². The summed E-state index contributed by atoms with van der Waals surface area (Å²) in [5, 5.41) is 10.3. The third kappa shape index (κ3) is 6.74. The van der Waals surface area contributed by atoms with Crippen LogP contribution in [0.5, 0.6) is 11.5 Å². The third-order valence-corrected chi connectivity index (χ3v) is 4.25. The van der Waals surface area contributed by atoms with Gasteiger partial charge in [0.2, 0.25) is 0 Å². The summed E-state index contributed by atoms with van der Waals surface area (Å²) in [5.74, 6) is 1.28. The fourth-order valence-electron chi connectivity index (χ4n) is 2.82. The molecule has 1 unspecified atom stereocenters. The minimum atomic E-state index is -0.545. The van der Waals surface area contributed by atoms with Gasteiger partial charge in [-0.25, -0.2) is 0 Å². The highest BCUT2D eigenvalue weighted by Gasteiger charge is 2.14. The molecule has 140 valence electrons. The van der Waals surface area contributed by atoms with Crippen molar-refractivity contribution in [2.75, 3.05) is 40.5 Å². The number of nitrogens with zero attached hydrogens (tertiary/aromatic N) is 1. The van der Waals surface area contributed by atoms with Crippen LogP contribution in [0.1, 0.15) is 24.8 Å². The molecule has 1 aliphatic heterocycles. The number of benzene rings is 1. The van der Waals surface area contributed by atoms with Crippen LogP contribution in [-0.4, -0.2) is 56.6 Å². The Bertz CT molecular complexity index is 562.